The molecule has 60 heavy (non-hydrogen) atoms. The molecule has 1 aliphatic heterocycles. The van der Waals surface area contributed by atoms with Gasteiger partial charge in [0.2, 0.25) is 0 Å². The van der Waals surface area contributed by atoms with Gasteiger partial charge in [0.15, 0.2) is 0 Å². The Morgan fingerprint density at radius 1 is 0.400 bits per heavy atom. The predicted molar refractivity (Wildman–Crippen MR) is 250 cm³/mol. The lowest BCUT2D eigenvalue weighted by Gasteiger charge is -2.14. The minimum atomic E-state index is 0.768. The van der Waals surface area contributed by atoms with Gasteiger partial charge in [-0.25, -0.2) is 19.9 Å². The van der Waals surface area contributed by atoms with E-state index in [9.17, 15) is 0 Å². The van der Waals surface area contributed by atoms with E-state index < -0.39 is 0 Å². The van der Waals surface area contributed by atoms with Gasteiger partial charge in [-0.1, -0.05) is 176 Å². The van der Waals surface area contributed by atoms with E-state index in [0.717, 1.165) is 112 Å². The average molecular weight is 765 g/mol. The standard InChI is InChI=1S/C56H36N4/c1-2-11-35-13-8-20-45(41(35)16-3-1)50-33-28-39-25-26-40-29-34-52(60-56(40)55(39)59-50)48-31-30-47(43-18-6-7-19-44(43)48)49-22-10-15-37-23-24-38-27-32-51(58-54(38)53(37)57-49)46-21-9-14-36-12-4-5-17-42(36)46/h1-9,11-15,17-34H,10,16H2. The normalized spacial score (nSPS) is 13.4. The van der Waals surface area contributed by atoms with Crippen molar-refractivity contribution in [2.75, 3.05) is 0 Å². The fourth-order valence-electron chi connectivity index (χ4n) is 9.17. The van der Waals surface area contributed by atoms with Gasteiger partial charge < -0.3 is 0 Å². The zero-order valence-electron chi connectivity index (χ0n) is 32.7. The molecule has 0 saturated heterocycles. The Morgan fingerprint density at radius 2 is 0.983 bits per heavy atom. The van der Waals surface area contributed by atoms with Crippen molar-refractivity contribution in [2.24, 2.45) is 4.99 Å². The quantitative estimate of drug-likeness (QED) is 0.168. The third kappa shape index (κ3) is 5.68. The van der Waals surface area contributed by atoms with Crippen molar-refractivity contribution in [3.8, 4) is 33.8 Å². The highest BCUT2D eigenvalue weighted by molar-refractivity contribution is 6.07. The predicted octanol–water partition coefficient (Wildman–Crippen LogP) is 12.6. The first-order chi connectivity index (χ1) is 29.7. The largest absolute Gasteiger partial charge is 0.246 e. The Bertz CT molecular complexity index is 3660. The van der Waals surface area contributed by atoms with Crippen molar-refractivity contribution in [1.82, 2.24) is 15.0 Å². The lowest BCUT2D eigenvalue weighted by molar-refractivity contribution is 1.25. The molecule has 0 spiro atoms. The van der Waals surface area contributed by atoms with Crippen molar-refractivity contribution in [3.63, 3.8) is 0 Å². The summed E-state index contributed by atoms with van der Waals surface area (Å²) >= 11 is 0. The monoisotopic (exact) mass is 764 g/mol. The zero-order valence-corrected chi connectivity index (χ0v) is 32.7. The second kappa shape index (κ2) is 13.9. The van der Waals surface area contributed by atoms with Gasteiger partial charge in [-0.15, -0.1) is 0 Å². The van der Waals surface area contributed by atoms with Crippen LogP contribution in [-0.2, 0) is 6.42 Å². The fraction of sp³-hybridized carbons (Fsp3) is 0.0357. The molecule has 0 bridgehead atoms. The maximum atomic E-state index is 5.46. The van der Waals surface area contributed by atoms with E-state index in [4.69, 9.17) is 19.9 Å². The lowest BCUT2D eigenvalue weighted by Crippen LogP contribution is -2.26. The van der Waals surface area contributed by atoms with Crippen LogP contribution < -0.4 is 10.6 Å². The van der Waals surface area contributed by atoms with Crippen LogP contribution in [0.25, 0.3) is 106 Å². The van der Waals surface area contributed by atoms with Gasteiger partial charge in [-0.3, -0.25) is 0 Å². The highest BCUT2D eigenvalue weighted by atomic mass is 14.8. The number of benzene rings is 7. The second-order valence-electron chi connectivity index (χ2n) is 15.6. The Labute approximate surface area is 346 Å². The summed E-state index contributed by atoms with van der Waals surface area (Å²) in [6.45, 7) is 0. The second-order valence-corrected chi connectivity index (χ2v) is 15.6. The molecule has 7 aromatic carbocycles. The molecule has 2 aliphatic rings. The van der Waals surface area contributed by atoms with Gasteiger partial charge in [-0.2, -0.15) is 0 Å². The highest BCUT2D eigenvalue weighted by Gasteiger charge is 2.17. The highest BCUT2D eigenvalue weighted by Crippen LogP contribution is 2.37. The molecule has 3 aromatic heterocycles. The molecule has 0 unspecified atom stereocenters. The molecule has 1 aliphatic carbocycles. The minimum absolute atomic E-state index is 0.768. The third-order valence-electron chi connectivity index (χ3n) is 12.1. The SMILES string of the molecule is C1=CCc2c(cccc2-c2ccc3ccc4ccc(-c5ccc(C6=CCC=c7ccc8ccc(-c9cccc%10ccccc9%10)nc8c7=N6)c6ccccc56)nc4c3n2)C=C1. The van der Waals surface area contributed by atoms with Gasteiger partial charge in [-0.05, 0) is 68.9 Å². The van der Waals surface area contributed by atoms with Crippen molar-refractivity contribution < 1.29 is 0 Å². The van der Waals surface area contributed by atoms with E-state index in [-0.39, 0.29) is 0 Å². The summed E-state index contributed by atoms with van der Waals surface area (Å²) in [6, 6.07) is 56.1. The average Bonchev–Trinajstić information content (AvgIpc) is 3.70. The summed E-state index contributed by atoms with van der Waals surface area (Å²) in [6.07, 6.45) is 14.8. The molecule has 10 aromatic rings. The van der Waals surface area contributed by atoms with E-state index in [0.29, 0.717) is 0 Å². The Kier molecular flexibility index (Phi) is 7.95. The summed E-state index contributed by atoms with van der Waals surface area (Å²) in [5.74, 6) is 0. The van der Waals surface area contributed by atoms with Crippen molar-refractivity contribution >= 4 is 72.1 Å². The summed E-state index contributed by atoms with van der Waals surface area (Å²) in [4.78, 5) is 21.5. The van der Waals surface area contributed by atoms with Crippen LogP contribution in [-0.4, -0.2) is 15.0 Å². The number of fused-ring (bicyclic) bond motifs is 9. The first-order valence-electron chi connectivity index (χ1n) is 20.6. The summed E-state index contributed by atoms with van der Waals surface area (Å²) in [5, 5.41) is 9.86. The summed E-state index contributed by atoms with van der Waals surface area (Å²) in [7, 11) is 0. The number of nitrogens with zero attached hydrogens (tertiary/aromatic N) is 4. The van der Waals surface area contributed by atoms with Crippen LogP contribution in [0.5, 0.6) is 0 Å². The van der Waals surface area contributed by atoms with E-state index in [1.807, 2.05) is 0 Å². The molecule has 4 nitrogen and oxygen atoms in total. The van der Waals surface area contributed by atoms with Crippen LogP contribution >= 0.6 is 0 Å². The topological polar surface area (TPSA) is 51.0 Å². The molecule has 4 heteroatoms. The number of allylic oxidation sites excluding steroid dienone is 4. The number of hydrogen-bond acceptors (Lipinski definition) is 4. The molecule has 0 atom stereocenters. The van der Waals surface area contributed by atoms with Gasteiger partial charge >= 0.3 is 0 Å². The van der Waals surface area contributed by atoms with Crippen LogP contribution in [0, 0.1) is 0 Å². The first kappa shape index (κ1) is 34.2. The van der Waals surface area contributed by atoms with Gasteiger partial charge in [0.1, 0.15) is 0 Å². The molecular formula is C56H36N4. The molecule has 4 heterocycles. The van der Waals surface area contributed by atoms with Crippen LogP contribution in [0.15, 0.2) is 187 Å². The molecule has 0 amide bonds. The molecule has 0 N–H and O–H groups in total. The Balaban J connectivity index is 0.983. The number of aromatic nitrogens is 3. The molecule has 0 fully saturated rings. The van der Waals surface area contributed by atoms with Crippen molar-refractivity contribution in [3.05, 3.63) is 209 Å². The summed E-state index contributed by atoms with van der Waals surface area (Å²) in [5.41, 5.74) is 13.4. The van der Waals surface area contributed by atoms with E-state index in [1.165, 1.54) is 21.9 Å². The van der Waals surface area contributed by atoms with Crippen LogP contribution in [0.2, 0.25) is 0 Å². The number of rotatable bonds is 4. The molecule has 0 saturated carbocycles. The Hall–Kier alpha value is -7.82. The van der Waals surface area contributed by atoms with Gasteiger partial charge in [0.25, 0.3) is 0 Å². The molecular weight excluding hydrogens is 729 g/mol. The van der Waals surface area contributed by atoms with Crippen LogP contribution in [0.4, 0.5) is 0 Å². The van der Waals surface area contributed by atoms with Crippen LogP contribution in [0.1, 0.15) is 23.1 Å². The maximum absolute atomic E-state index is 5.46. The van der Waals surface area contributed by atoms with E-state index in [2.05, 4.69) is 194 Å². The first-order valence-corrected chi connectivity index (χ1v) is 20.6. The number of hydrogen-bond donors (Lipinski definition) is 0. The molecule has 0 radical (unpaired) electrons. The molecule has 12 rings (SSSR count). The summed E-state index contributed by atoms with van der Waals surface area (Å²) < 4.78 is 0. The van der Waals surface area contributed by atoms with Crippen LogP contribution in [0.3, 0.4) is 0 Å². The van der Waals surface area contributed by atoms with Gasteiger partial charge in [0.05, 0.1) is 44.7 Å². The fourth-order valence-corrected chi connectivity index (χ4v) is 9.17. The van der Waals surface area contributed by atoms with Crippen molar-refractivity contribution in [1.29, 1.82) is 0 Å². The Morgan fingerprint density at radius 3 is 1.78 bits per heavy atom. The van der Waals surface area contributed by atoms with E-state index >= 15 is 0 Å². The lowest BCUT2D eigenvalue weighted by atomic mass is 9.95. The third-order valence-corrected chi connectivity index (χ3v) is 12.1. The smallest absolute Gasteiger partial charge is 0.0972 e. The maximum Gasteiger partial charge on any atom is 0.0972 e. The van der Waals surface area contributed by atoms with Crippen molar-refractivity contribution in [2.45, 2.75) is 12.8 Å². The van der Waals surface area contributed by atoms with E-state index in [1.54, 1.807) is 0 Å². The zero-order chi connectivity index (χ0) is 39.6. The number of pyridine rings is 3. The molecule has 280 valence electrons. The van der Waals surface area contributed by atoms with Gasteiger partial charge in [0, 0.05) is 38.4 Å². The minimum Gasteiger partial charge on any atom is -0.246 e.